The van der Waals surface area contributed by atoms with E-state index in [1.807, 2.05) is 4.90 Å². The first-order valence-corrected chi connectivity index (χ1v) is 7.86. The summed E-state index contributed by atoms with van der Waals surface area (Å²) < 4.78 is 5.03. The summed E-state index contributed by atoms with van der Waals surface area (Å²) in [5, 5.41) is 12.5. The zero-order chi connectivity index (χ0) is 15.9. The Labute approximate surface area is 129 Å². The summed E-state index contributed by atoms with van der Waals surface area (Å²) >= 11 is 0. The van der Waals surface area contributed by atoms with E-state index in [4.69, 9.17) is 9.63 Å². The molecule has 2 heterocycles. The van der Waals surface area contributed by atoms with Gasteiger partial charge in [0.15, 0.2) is 5.82 Å². The Morgan fingerprint density at radius 3 is 2.86 bits per heavy atom. The lowest BCUT2D eigenvalue weighted by Gasteiger charge is -2.35. The molecule has 2 rings (SSSR count). The van der Waals surface area contributed by atoms with Crippen LogP contribution in [0, 0.1) is 6.92 Å². The van der Waals surface area contributed by atoms with Gasteiger partial charge in [-0.3, -0.25) is 9.59 Å². The molecule has 0 aromatic carbocycles. The molecule has 1 aliphatic heterocycles. The van der Waals surface area contributed by atoms with Crippen molar-refractivity contribution >= 4 is 11.9 Å². The molecule has 1 aromatic rings. The zero-order valence-corrected chi connectivity index (χ0v) is 13.0. The highest BCUT2D eigenvalue weighted by Gasteiger charge is 2.26. The molecule has 22 heavy (non-hydrogen) atoms. The number of aromatic nitrogens is 2. The number of aryl methyl sites for hydroxylation is 2. The van der Waals surface area contributed by atoms with E-state index >= 15 is 0 Å². The highest BCUT2D eigenvalue weighted by Crippen LogP contribution is 2.22. The van der Waals surface area contributed by atoms with Gasteiger partial charge in [0.2, 0.25) is 11.8 Å². The van der Waals surface area contributed by atoms with Crippen molar-refractivity contribution in [3.63, 3.8) is 0 Å². The quantitative estimate of drug-likeness (QED) is 0.827. The first kappa shape index (κ1) is 16.5. The van der Waals surface area contributed by atoms with Gasteiger partial charge >= 0.3 is 5.97 Å². The Kier molecular flexibility index (Phi) is 5.91. The summed E-state index contributed by atoms with van der Waals surface area (Å²) in [5.41, 5.74) is 0. The monoisotopic (exact) mass is 309 g/mol. The van der Waals surface area contributed by atoms with E-state index in [2.05, 4.69) is 10.1 Å². The fourth-order valence-corrected chi connectivity index (χ4v) is 2.90. The van der Waals surface area contributed by atoms with Crippen molar-refractivity contribution in [3.8, 4) is 0 Å². The van der Waals surface area contributed by atoms with Crippen LogP contribution >= 0.6 is 0 Å². The van der Waals surface area contributed by atoms with Crippen LogP contribution in [0.1, 0.15) is 56.7 Å². The van der Waals surface area contributed by atoms with Gasteiger partial charge in [-0.25, -0.2) is 0 Å². The molecule has 7 nitrogen and oxygen atoms in total. The van der Waals surface area contributed by atoms with Gasteiger partial charge in [-0.15, -0.1) is 0 Å². The summed E-state index contributed by atoms with van der Waals surface area (Å²) in [4.78, 5) is 29.1. The van der Waals surface area contributed by atoms with Crippen molar-refractivity contribution in [2.24, 2.45) is 0 Å². The molecular weight excluding hydrogens is 286 g/mol. The number of aliphatic carboxylic acids is 1. The Morgan fingerprint density at radius 1 is 1.36 bits per heavy atom. The molecule has 0 bridgehead atoms. The van der Waals surface area contributed by atoms with Crippen molar-refractivity contribution < 1.29 is 19.2 Å². The maximum absolute atomic E-state index is 12.4. The molecule has 1 fully saturated rings. The van der Waals surface area contributed by atoms with Crippen LogP contribution in [0.3, 0.4) is 0 Å². The summed E-state index contributed by atoms with van der Waals surface area (Å²) in [5.74, 6) is 0.466. The van der Waals surface area contributed by atoms with Crippen molar-refractivity contribution in [1.82, 2.24) is 15.0 Å². The van der Waals surface area contributed by atoms with Crippen LogP contribution in [0.25, 0.3) is 0 Å². The van der Waals surface area contributed by atoms with Gasteiger partial charge in [0.1, 0.15) is 0 Å². The van der Waals surface area contributed by atoms with Gasteiger partial charge < -0.3 is 14.5 Å². The van der Waals surface area contributed by atoms with Crippen LogP contribution in [-0.4, -0.2) is 44.6 Å². The molecule has 1 saturated heterocycles. The van der Waals surface area contributed by atoms with E-state index in [0.29, 0.717) is 37.4 Å². The number of carbonyl (C=O) groups is 2. The molecule has 1 amide bonds. The summed E-state index contributed by atoms with van der Waals surface area (Å²) in [6, 6.07) is 0.0722. The first-order valence-electron chi connectivity index (χ1n) is 7.86. The fraction of sp³-hybridized carbons (Fsp3) is 0.733. The lowest BCUT2D eigenvalue weighted by atomic mass is 9.97. The molecule has 7 heteroatoms. The minimum Gasteiger partial charge on any atom is -0.481 e. The van der Waals surface area contributed by atoms with Crippen molar-refractivity contribution in [2.45, 2.75) is 64.3 Å². The molecule has 0 spiro atoms. The number of amides is 1. The number of piperidine rings is 1. The van der Waals surface area contributed by atoms with Gasteiger partial charge in [0.05, 0.1) is 0 Å². The second-order valence-electron chi connectivity index (χ2n) is 5.76. The van der Waals surface area contributed by atoms with Crippen LogP contribution in [0.5, 0.6) is 0 Å². The number of carboxylic acids is 1. The minimum atomic E-state index is -0.801. The van der Waals surface area contributed by atoms with Crippen LogP contribution < -0.4 is 0 Å². The van der Waals surface area contributed by atoms with Crippen LogP contribution in [0.15, 0.2) is 4.52 Å². The van der Waals surface area contributed by atoms with Crippen LogP contribution in [-0.2, 0) is 16.0 Å². The van der Waals surface area contributed by atoms with E-state index < -0.39 is 5.97 Å². The topological polar surface area (TPSA) is 96.5 Å². The summed E-state index contributed by atoms with van der Waals surface area (Å²) in [6.45, 7) is 2.50. The second kappa shape index (κ2) is 7.91. The summed E-state index contributed by atoms with van der Waals surface area (Å²) in [6.07, 6.45) is 5.34. The molecular formula is C15H23N3O4. The number of likely N-dealkylation sites (tertiary alicyclic amines) is 1. The normalized spacial score (nSPS) is 18.4. The third-order valence-corrected chi connectivity index (χ3v) is 3.99. The standard InChI is InChI=1S/C15H23N3O4/c1-11-16-13(22-17-11)6-4-7-14(19)18-10-3-2-5-12(18)8-9-15(20)21/h12H,2-10H2,1H3,(H,20,21)/t12-/m1/s1. The highest BCUT2D eigenvalue weighted by molar-refractivity contribution is 5.76. The summed E-state index contributed by atoms with van der Waals surface area (Å²) in [7, 11) is 0. The number of carbonyl (C=O) groups excluding carboxylic acids is 1. The molecule has 1 atom stereocenters. The van der Waals surface area contributed by atoms with Gasteiger partial charge in [0, 0.05) is 31.8 Å². The molecule has 0 saturated carbocycles. The molecule has 1 N–H and O–H groups in total. The Balaban J connectivity index is 1.79. The predicted molar refractivity (Wildman–Crippen MR) is 78.2 cm³/mol. The lowest BCUT2D eigenvalue weighted by molar-refractivity contribution is -0.140. The second-order valence-corrected chi connectivity index (χ2v) is 5.76. The number of nitrogens with zero attached hydrogens (tertiary/aromatic N) is 3. The van der Waals surface area contributed by atoms with E-state index in [1.165, 1.54) is 0 Å². The predicted octanol–water partition coefficient (Wildman–Crippen LogP) is 1.95. The maximum Gasteiger partial charge on any atom is 0.303 e. The molecule has 122 valence electrons. The Hall–Kier alpha value is -1.92. The van der Waals surface area contributed by atoms with Crippen LogP contribution in [0.4, 0.5) is 0 Å². The average Bonchev–Trinajstić information content (AvgIpc) is 2.91. The van der Waals surface area contributed by atoms with Crippen LogP contribution in [0.2, 0.25) is 0 Å². The third-order valence-electron chi connectivity index (χ3n) is 3.99. The number of hydrogen-bond donors (Lipinski definition) is 1. The molecule has 1 aromatic heterocycles. The van der Waals surface area contributed by atoms with Crippen molar-refractivity contribution in [1.29, 1.82) is 0 Å². The van der Waals surface area contributed by atoms with E-state index in [-0.39, 0.29) is 18.4 Å². The van der Waals surface area contributed by atoms with Crippen molar-refractivity contribution in [3.05, 3.63) is 11.7 Å². The highest BCUT2D eigenvalue weighted by atomic mass is 16.5. The van der Waals surface area contributed by atoms with Gasteiger partial charge in [-0.1, -0.05) is 5.16 Å². The zero-order valence-electron chi connectivity index (χ0n) is 13.0. The molecule has 0 aliphatic carbocycles. The van der Waals surface area contributed by atoms with Crippen molar-refractivity contribution in [2.75, 3.05) is 6.54 Å². The maximum atomic E-state index is 12.4. The number of carboxylic acid groups (broad SMARTS) is 1. The molecule has 0 unspecified atom stereocenters. The van der Waals surface area contributed by atoms with Gasteiger partial charge in [0.25, 0.3) is 0 Å². The smallest absolute Gasteiger partial charge is 0.303 e. The van der Waals surface area contributed by atoms with E-state index in [9.17, 15) is 9.59 Å². The number of hydrogen-bond acceptors (Lipinski definition) is 5. The van der Waals surface area contributed by atoms with E-state index in [0.717, 1.165) is 25.8 Å². The van der Waals surface area contributed by atoms with Gasteiger partial charge in [-0.2, -0.15) is 4.98 Å². The third kappa shape index (κ3) is 4.82. The van der Waals surface area contributed by atoms with Gasteiger partial charge in [-0.05, 0) is 39.0 Å². The molecule has 0 radical (unpaired) electrons. The Bertz CT molecular complexity index is 515. The Morgan fingerprint density at radius 2 is 2.18 bits per heavy atom. The lowest BCUT2D eigenvalue weighted by Crippen LogP contribution is -2.43. The fourth-order valence-electron chi connectivity index (χ4n) is 2.90. The number of rotatable bonds is 7. The average molecular weight is 309 g/mol. The SMILES string of the molecule is Cc1noc(CCCC(=O)N2CCCC[C@@H]2CCC(=O)O)n1. The molecule has 1 aliphatic rings. The minimum absolute atomic E-state index is 0.0722. The first-order chi connectivity index (χ1) is 10.6. The van der Waals surface area contributed by atoms with E-state index in [1.54, 1.807) is 6.92 Å². The largest absolute Gasteiger partial charge is 0.481 e.